The molecule has 11 heteroatoms. The monoisotopic (exact) mass is 498 g/mol. The fourth-order valence-corrected chi connectivity index (χ4v) is 3.16. The van der Waals surface area contributed by atoms with Gasteiger partial charge in [-0.2, -0.15) is 0 Å². The molecule has 1 heterocycles. The maximum absolute atomic E-state index is 12.1. The number of ether oxygens (including phenoxy) is 1. The van der Waals surface area contributed by atoms with Gasteiger partial charge in [0.15, 0.2) is 11.4 Å². The molecule has 0 radical (unpaired) electrons. The highest BCUT2D eigenvalue weighted by atomic mass is 16.5. The smallest absolute Gasteiger partial charge is 0.322 e. The van der Waals surface area contributed by atoms with E-state index in [9.17, 15) is 19.5 Å². The number of unbranched alkanes of at least 4 members (excludes halogenated alkanes) is 1. The second kappa shape index (κ2) is 13.6. The van der Waals surface area contributed by atoms with Gasteiger partial charge in [-0.25, -0.2) is 4.98 Å². The number of amides is 1. The van der Waals surface area contributed by atoms with Crippen LogP contribution in [0.3, 0.4) is 0 Å². The molecule has 3 aromatic rings. The summed E-state index contributed by atoms with van der Waals surface area (Å²) in [5, 5.41) is 30.6. The third-order valence-electron chi connectivity index (χ3n) is 5.02. The Labute approximate surface area is 207 Å². The molecule has 0 aliphatic heterocycles. The number of hydrogen-bond donors (Lipinski definition) is 6. The molecular formula is C25H30N4O7. The van der Waals surface area contributed by atoms with Crippen molar-refractivity contribution in [2.75, 3.05) is 13.1 Å². The van der Waals surface area contributed by atoms with Crippen LogP contribution in [-0.4, -0.2) is 57.3 Å². The number of nitrogens with one attached hydrogen (secondary N) is 1. The van der Waals surface area contributed by atoms with Crippen LogP contribution in [0.2, 0.25) is 0 Å². The molecule has 0 spiro atoms. The third kappa shape index (κ3) is 8.22. The number of aromatic nitrogens is 1. The van der Waals surface area contributed by atoms with E-state index in [4.69, 9.17) is 26.4 Å². The molecule has 36 heavy (non-hydrogen) atoms. The van der Waals surface area contributed by atoms with Crippen molar-refractivity contribution in [3.8, 4) is 17.2 Å². The summed E-state index contributed by atoms with van der Waals surface area (Å²) in [6.45, 7) is 1.75. The van der Waals surface area contributed by atoms with E-state index in [-0.39, 0.29) is 11.4 Å². The van der Waals surface area contributed by atoms with E-state index >= 15 is 0 Å². The molecule has 0 fully saturated rings. The van der Waals surface area contributed by atoms with Crippen LogP contribution < -0.4 is 21.5 Å². The Morgan fingerprint density at radius 1 is 1.03 bits per heavy atom. The number of aromatic hydroxyl groups is 1. The number of fused-ring (bicyclic) bond motifs is 1. The largest absolute Gasteiger partial charge is 0.505 e. The Morgan fingerprint density at radius 3 is 2.33 bits per heavy atom. The highest BCUT2D eigenvalue weighted by molar-refractivity contribution is 6.03. The van der Waals surface area contributed by atoms with Gasteiger partial charge in [0.25, 0.3) is 5.91 Å². The number of carbonyl (C=O) groups is 3. The van der Waals surface area contributed by atoms with Crippen molar-refractivity contribution in [3.63, 3.8) is 0 Å². The fourth-order valence-electron chi connectivity index (χ4n) is 3.16. The molecule has 8 N–H and O–H groups in total. The van der Waals surface area contributed by atoms with Crippen LogP contribution in [0.5, 0.6) is 17.2 Å². The zero-order valence-corrected chi connectivity index (χ0v) is 19.8. The second-order valence-electron chi connectivity index (χ2n) is 7.82. The van der Waals surface area contributed by atoms with Gasteiger partial charge in [-0.15, -0.1) is 0 Å². The van der Waals surface area contributed by atoms with Crippen LogP contribution >= 0.6 is 0 Å². The van der Waals surface area contributed by atoms with Crippen LogP contribution in [0.25, 0.3) is 10.8 Å². The number of carboxylic acid groups (broad SMARTS) is 2. The Kier molecular flexibility index (Phi) is 10.6. The SMILES string of the molecule is Cc1nc(C(=O)NCC(=O)O)c(O)c2ccc(Oc3ccccc3)cc12.NCCCC[C@H](N)C(=O)O. The molecule has 1 amide bonds. The average molecular weight is 499 g/mol. The number of nitrogens with two attached hydrogens (primary N) is 2. The van der Waals surface area contributed by atoms with Gasteiger partial charge in [-0.1, -0.05) is 24.6 Å². The Hall–Kier alpha value is -4.22. The standard InChI is InChI=1S/C19H16N2O5.C6H14N2O2/c1-11-15-9-13(26-12-5-3-2-4-6-12)7-8-14(15)18(24)17(21-11)19(25)20-10-16(22)23;7-4-2-1-3-5(8)6(9)10/h2-9,24H,10H2,1H3,(H,20,25)(H,22,23);5H,1-4,7-8H2,(H,9,10)/t;5-/m.0/s1. The number of aryl methyl sites for hydroxylation is 1. The molecular weight excluding hydrogens is 468 g/mol. The van der Waals surface area contributed by atoms with Gasteiger partial charge >= 0.3 is 11.9 Å². The lowest BCUT2D eigenvalue weighted by Gasteiger charge is -2.12. The third-order valence-corrected chi connectivity index (χ3v) is 5.02. The molecule has 2 aromatic carbocycles. The first-order valence-corrected chi connectivity index (χ1v) is 11.2. The molecule has 192 valence electrons. The van der Waals surface area contributed by atoms with Crippen molar-refractivity contribution in [3.05, 3.63) is 59.9 Å². The molecule has 0 aliphatic rings. The zero-order valence-electron chi connectivity index (χ0n) is 19.8. The molecule has 11 nitrogen and oxygen atoms in total. The maximum Gasteiger partial charge on any atom is 0.322 e. The van der Waals surface area contributed by atoms with Gasteiger partial charge < -0.3 is 36.8 Å². The minimum atomic E-state index is -1.18. The van der Waals surface area contributed by atoms with E-state index < -0.39 is 30.4 Å². The van der Waals surface area contributed by atoms with Crippen LogP contribution in [0, 0.1) is 6.92 Å². The number of benzene rings is 2. The lowest BCUT2D eigenvalue weighted by Crippen LogP contribution is -2.30. The number of hydrogen-bond acceptors (Lipinski definition) is 8. The number of carboxylic acids is 2. The Morgan fingerprint density at radius 2 is 1.72 bits per heavy atom. The molecule has 0 unspecified atom stereocenters. The second-order valence-corrected chi connectivity index (χ2v) is 7.82. The summed E-state index contributed by atoms with van der Waals surface area (Å²) in [6, 6.07) is 13.6. The Balaban J connectivity index is 0.000000388. The minimum absolute atomic E-state index is 0.215. The number of carbonyl (C=O) groups excluding carboxylic acids is 1. The number of nitrogens with zero attached hydrogens (tertiary/aromatic N) is 1. The van der Waals surface area contributed by atoms with Gasteiger partial charge in [0.1, 0.15) is 24.1 Å². The lowest BCUT2D eigenvalue weighted by molar-refractivity contribution is -0.139. The van der Waals surface area contributed by atoms with Gasteiger partial charge in [0, 0.05) is 16.5 Å². The zero-order chi connectivity index (χ0) is 26.7. The van der Waals surface area contributed by atoms with Crippen LogP contribution in [-0.2, 0) is 9.59 Å². The molecule has 3 rings (SSSR count). The summed E-state index contributed by atoms with van der Waals surface area (Å²) >= 11 is 0. The van der Waals surface area contributed by atoms with Crippen molar-refractivity contribution >= 4 is 28.6 Å². The molecule has 0 saturated heterocycles. The predicted molar refractivity (Wildman–Crippen MR) is 133 cm³/mol. The van der Waals surface area contributed by atoms with Crippen molar-refractivity contribution in [2.24, 2.45) is 11.5 Å². The van der Waals surface area contributed by atoms with Crippen LogP contribution in [0.1, 0.15) is 35.4 Å². The summed E-state index contributed by atoms with van der Waals surface area (Å²) in [5.74, 6) is -1.93. The predicted octanol–water partition coefficient (Wildman–Crippen LogP) is 2.38. The van der Waals surface area contributed by atoms with E-state index in [1.807, 2.05) is 30.3 Å². The Bertz CT molecular complexity index is 1200. The molecule has 0 bridgehead atoms. The number of pyridine rings is 1. The van der Waals surface area contributed by atoms with E-state index in [1.54, 1.807) is 25.1 Å². The highest BCUT2D eigenvalue weighted by Gasteiger charge is 2.19. The summed E-state index contributed by atoms with van der Waals surface area (Å²) in [5.41, 5.74) is 10.7. The van der Waals surface area contributed by atoms with E-state index in [0.29, 0.717) is 40.9 Å². The van der Waals surface area contributed by atoms with E-state index in [0.717, 1.165) is 12.8 Å². The summed E-state index contributed by atoms with van der Waals surface area (Å²) in [7, 11) is 0. The van der Waals surface area contributed by atoms with Gasteiger partial charge in [0.2, 0.25) is 0 Å². The number of rotatable bonds is 10. The summed E-state index contributed by atoms with van der Waals surface area (Å²) in [6.07, 6.45) is 2.16. The summed E-state index contributed by atoms with van der Waals surface area (Å²) < 4.78 is 5.77. The van der Waals surface area contributed by atoms with Crippen molar-refractivity contribution in [2.45, 2.75) is 32.2 Å². The molecule has 0 aliphatic carbocycles. The van der Waals surface area contributed by atoms with E-state index in [2.05, 4.69) is 10.3 Å². The van der Waals surface area contributed by atoms with Crippen molar-refractivity contribution in [1.29, 1.82) is 0 Å². The topological polar surface area (TPSA) is 198 Å². The van der Waals surface area contributed by atoms with Crippen LogP contribution in [0.15, 0.2) is 48.5 Å². The normalized spacial score (nSPS) is 11.2. The van der Waals surface area contributed by atoms with Gasteiger partial charge in [0.05, 0.1) is 0 Å². The molecule has 0 saturated carbocycles. The highest BCUT2D eigenvalue weighted by Crippen LogP contribution is 2.33. The first-order valence-electron chi connectivity index (χ1n) is 11.2. The molecule has 1 aromatic heterocycles. The lowest BCUT2D eigenvalue weighted by atomic mass is 10.1. The van der Waals surface area contributed by atoms with E-state index in [1.165, 1.54) is 0 Å². The number of aliphatic carboxylic acids is 2. The number of para-hydroxylation sites is 1. The van der Waals surface area contributed by atoms with Gasteiger partial charge in [-0.05, 0) is 56.6 Å². The van der Waals surface area contributed by atoms with Crippen LogP contribution in [0.4, 0.5) is 0 Å². The first-order chi connectivity index (χ1) is 17.1. The van der Waals surface area contributed by atoms with Crippen molar-refractivity contribution in [1.82, 2.24) is 10.3 Å². The minimum Gasteiger partial charge on any atom is -0.505 e. The molecule has 1 atom stereocenters. The fraction of sp³-hybridized carbons (Fsp3) is 0.280. The first kappa shape index (κ1) is 28.0. The maximum atomic E-state index is 12.1. The summed E-state index contributed by atoms with van der Waals surface area (Å²) in [4.78, 5) is 36.9. The van der Waals surface area contributed by atoms with Gasteiger partial charge in [-0.3, -0.25) is 14.4 Å². The van der Waals surface area contributed by atoms with Crippen molar-refractivity contribution < 1.29 is 34.4 Å². The average Bonchev–Trinajstić information content (AvgIpc) is 2.85. The quantitative estimate of drug-likeness (QED) is 0.226.